The molecule has 0 spiro atoms. The van der Waals surface area contributed by atoms with E-state index in [0.29, 0.717) is 5.92 Å². The Morgan fingerprint density at radius 1 is 1.04 bits per heavy atom. The molecule has 25 heavy (non-hydrogen) atoms. The van der Waals surface area contributed by atoms with Crippen LogP contribution in [0.25, 0.3) is 5.82 Å². The van der Waals surface area contributed by atoms with E-state index in [2.05, 4.69) is 39.6 Å². The van der Waals surface area contributed by atoms with Crippen molar-refractivity contribution in [2.45, 2.75) is 70.3 Å². The zero-order chi connectivity index (χ0) is 17.1. The zero-order valence-corrected chi connectivity index (χ0v) is 15.4. The number of hydrogen-bond donors (Lipinski definition) is 0. The molecule has 2 aromatic rings. The number of piperidine rings is 1. The van der Waals surface area contributed by atoms with Crippen molar-refractivity contribution in [2.24, 2.45) is 0 Å². The molecule has 2 aliphatic rings. The first-order chi connectivity index (χ1) is 12.3. The fourth-order valence-electron chi connectivity index (χ4n) is 4.61. The standard InChI is InChI=1S/C21H30N4/c1-2-20-22-13-16-25(20)21-10-6-9-19(23-21)17-11-14-24(15-12-17)18-7-4-3-5-8-18/h6,9-10,13,16-18H,2-5,7-8,11-12,14-15H2,1H3. The third kappa shape index (κ3) is 3.64. The Labute approximate surface area is 151 Å². The summed E-state index contributed by atoms with van der Waals surface area (Å²) in [4.78, 5) is 12.2. The Morgan fingerprint density at radius 2 is 1.84 bits per heavy atom. The Bertz CT molecular complexity index is 679. The molecule has 2 aromatic heterocycles. The topological polar surface area (TPSA) is 34.0 Å². The van der Waals surface area contributed by atoms with Gasteiger partial charge in [0.2, 0.25) is 0 Å². The van der Waals surface area contributed by atoms with Gasteiger partial charge in [0.05, 0.1) is 0 Å². The molecule has 4 heteroatoms. The highest BCUT2D eigenvalue weighted by Gasteiger charge is 2.27. The van der Waals surface area contributed by atoms with Gasteiger partial charge in [0.1, 0.15) is 11.6 Å². The summed E-state index contributed by atoms with van der Waals surface area (Å²) in [6.07, 6.45) is 14.5. The fourth-order valence-corrected chi connectivity index (χ4v) is 4.61. The van der Waals surface area contributed by atoms with Crippen LogP contribution in [0.2, 0.25) is 0 Å². The highest BCUT2D eigenvalue weighted by Crippen LogP contribution is 2.31. The molecule has 3 heterocycles. The highest BCUT2D eigenvalue weighted by molar-refractivity contribution is 5.28. The van der Waals surface area contributed by atoms with Crippen LogP contribution in [-0.4, -0.2) is 38.6 Å². The molecule has 4 rings (SSSR count). The van der Waals surface area contributed by atoms with Gasteiger partial charge >= 0.3 is 0 Å². The normalized spacial score (nSPS) is 20.8. The maximum Gasteiger partial charge on any atom is 0.138 e. The number of aromatic nitrogens is 3. The van der Waals surface area contributed by atoms with Crippen molar-refractivity contribution in [3.05, 3.63) is 42.1 Å². The number of likely N-dealkylation sites (tertiary alicyclic amines) is 1. The van der Waals surface area contributed by atoms with Gasteiger partial charge in [-0.05, 0) is 50.9 Å². The predicted molar refractivity (Wildman–Crippen MR) is 101 cm³/mol. The van der Waals surface area contributed by atoms with E-state index in [-0.39, 0.29) is 0 Å². The second kappa shape index (κ2) is 7.69. The van der Waals surface area contributed by atoms with Gasteiger partial charge in [0, 0.05) is 36.5 Å². The van der Waals surface area contributed by atoms with Crippen LogP contribution in [0.4, 0.5) is 0 Å². The Morgan fingerprint density at radius 3 is 2.60 bits per heavy atom. The number of aryl methyl sites for hydroxylation is 1. The summed E-state index contributed by atoms with van der Waals surface area (Å²) < 4.78 is 2.13. The smallest absolute Gasteiger partial charge is 0.138 e. The van der Waals surface area contributed by atoms with Gasteiger partial charge in [-0.1, -0.05) is 32.3 Å². The van der Waals surface area contributed by atoms with Crippen molar-refractivity contribution in [3.8, 4) is 5.82 Å². The maximum atomic E-state index is 4.99. The molecule has 0 N–H and O–H groups in total. The van der Waals surface area contributed by atoms with Crippen LogP contribution in [0.3, 0.4) is 0 Å². The lowest BCUT2D eigenvalue weighted by atomic mass is 9.88. The quantitative estimate of drug-likeness (QED) is 0.831. The van der Waals surface area contributed by atoms with Gasteiger partial charge in [-0.3, -0.25) is 4.57 Å². The molecule has 0 bridgehead atoms. The van der Waals surface area contributed by atoms with Crippen LogP contribution in [0.1, 0.15) is 69.3 Å². The second-order valence-corrected chi connectivity index (χ2v) is 7.59. The van der Waals surface area contributed by atoms with Gasteiger partial charge in [-0.2, -0.15) is 0 Å². The highest BCUT2D eigenvalue weighted by atomic mass is 15.2. The van der Waals surface area contributed by atoms with Gasteiger partial charge in [-0.25, -0.2) is 9.97 Å². The summed E-state index contributed by atoms with van der Waals surface area (Å²) in [7, 11) is 0. The fraction of sp³-hybridized carbons (Fsp3) is 0.619. The third-order valence-electron chi connectivity index (χ3n) is 6.08. The van der Waals surface area contributed by atoms with Crippen molar-refractivity contribution in [1.82, 2.24) is 19.4 Å². The van der Waals surface area contributed by atoms with E-state index in [1.54, 1.807) is 0 Å². The van der Waals surface area contributed by atoms with E-state index in [1.807, 2.05) is 12.4 Å². The van der Waals surface area contributed by atoms with Crippen molar-refractivity contribution >= 4 is 0 Å². The Hall–Kier alpha value is -1.68. The van der Waals surface area contributed by atoms with E-state index in [4.69, 9.17) is 4.98 Å². The number of nitrogens with zero attached hydrogens (tertiary/aromatic N) is 4. The summed E-state index contributed by atoms with van der Waals surface area (Å²) in [5.74, 6) is 2.70. The SMILES string of the molecule is CCc1nccn1-c1cccc(C2CCN(C3CCCCC3)CC2)n1. The number of pyridine rings is 1. The molecule has 134 valence electrons. The maximum absolute atomic E-state index is 4.99. The Balaban J connectivity index is 1.44. The van der Waals surface area contributed by atoms with Crippen molar-refractivity contribution in [1.29, 1.82) is 0 Å². The summed E-state index contributed by atoms with van der Waals surface area (Å²) in [6, 6.07) is 7.33. The predicted octanol–water partition coefficient (Wildman–Crippen LogP) is 4.34. The van der Waals surface area contributed by atoms with Gasteiger partial charge in [-0.15, -0.1) is 0 Å². The summed E-state index contributed by atoms with van der Waals surface area (Å²) >= 11 is 0. The van der Waals surface area contributed by atoms with Crippen LogP contribution in [0, 0.1) is 0 Å². The summed E-state index contributed by atoms with van der Waals surface area (Å²) in [5, 5.41) is 0. The number of imidazole rings is 1. The minimum Gasteiger partial charge on any atom is -0.300 e. The molecule has 0 aromatic carbocycles. The third-order valence-corrected chi connectivity index (χ3v) is 6.08. The van der Waals surface area contributed by atoms with Crippen molar-refractivity contribution < 1.29 is 0 Å². The molecule has 0 amide bonds. The molecule has 0 radical (unpaired) electrons. The minimum absolute atomic E-state index is 0.605. The van der Waals surface area contributed by atoms with E-state index >= 15 is 0 Å². The summed E-state index contributed by atoms with van der Waals surface area (Å²) in [6.45, 7) is 4.63. The van der Waals surface area contributed by atoms with E-state index in [0.717, 1.165) is 24.1 Å². The average molecular weight is 338 g/mol. The Kier molecular flexibility index (Phi) is 5.16. The molecule has 4 nitrogen and oxygen atoms in total. The van der Waals surface area contributed by atoms with E-state index in [1.165, 1.54) is 63.7 Å². The first-order valence-electron chi connectivity index (χ1n) is 10.1. The molecule has 0 atom stereocenters. The molecular formula is C21H30N4. The van der Waals surface area contributed by atoms with Gasteiger partial charge < -0.3 is 4.90 Å². The van der Waals surface area contributed by atoms with E-state index in [9.17, 15) is 0 Å². The van der Waals surface area contributed by atoms with Crippen LogP contribution in [-0.2, 0) is 6.42 Å². The second-order valence-electron chi connectivity index (χ2n) is 7.59. The number of rotatable bonds is 4. The van der Waals surface area contributed by atoms with Crippen LogP contribution in [0.15, 0.2) is 30.6 Å². The van der Waals surface area contributed by atoms with E-state index < -0.39 is 0 Å². The van der Waals surface area contributed by atoms with Crippen molar-refractivity contribution in [2.75, 3.05) is 13.1 Å². The molecule has 0 unspecified atom stereocenters. The molecule has 2 fully saturated rings. The zero-order valence-electron chi connectivity index (χ0n) is 15.4. The monoisotopic (exact) mass is 338 g/mol. The largest absolute Gasteiger partial charge is 0.300 e. The van der Waals surface area contributed by atoms with Crippen molar-refractivity contribution in [3.63, 3.8) is 0 Å². The molecule has 1 aliphatic carbocycles. The molecular weight excluding hydrogens is 308 g/mol. The first kappa shape index (κ1) is 16.8. The van der Waals surface area contributed by atoms with Crippen LogP contribution < -0.4 is 0 Å². The lowest BCUT2D eigenvalue weighted by Gasteiger charge is -2.39. The molecule has 1 aliphatic heterocycles. The van der Waals surface area contributed by atoms with Gasteiger partial charge in [0.15, 0.2) is 0 Å². The minimum atomic E-state index is 0.605. The van der Waals surface area contributed by atoms with Gasteiger partial charge in [0.25, 0.3) is 0 Å². The number of hydrogen-bond acceptors (Lipinski definition) is 3. The molecule has 1 saturated heterocycles. The van der Waals surface area contributed by atoms with Crippen LogP contribution >= 0.6 is 0 Å². The summed E-state index contributed by atoms with van der Waals surface area (Å²) in [5.41, 5.74) is 1.26. The lowest BCUT2D eigenvalue weighted by Crippen LogP contribution is -2.42. The first-order valence-corrected chi connectivity index (χ1v) is 10.1. The average Bonchev–Trinajstić information content (AvgIpc) is 3.18. The molecule has 1 saturated carbocycles. The van der Waals surface area contributed by atoms with Crippen LogP contribution in [0.5, 0.6) is 0 Å². The lowest BCUT2D eigenvalue weighted by molar-refractivity contribution is 0.121.